The number of hydrogen-bond acceptors (Lipinski definition) is 4. The molecule has 1 aromatic carbocycles. The fourth-order valence-corrected chi connectivity index (χ4v) is 2.79. The minimum atomic E-state index is -0.395. The molecule has 2 unspecified atom stereocenters. The van der Waals surface area contributed by atoms with Crippen LogP contribution in [0.4, 0.5) is 9.18 Å². The summed E-state index contributed by atoms with van der Waals surface area (Å²) in [6, 6.07) is 6.37. The number of carbonyl (C=O) groups is 1. The summed E-state index contributed by atoms with van der Waals surface area (Å²) in [5, 5.41) is 9.33. The summed E-state index contributed by atoms with van der Waals surface area (Å²) in [5.74, 6) is 0.932. The van der Waals surface area contributed by atoms with E-state index in [0.29, 0.717) is 38.0 Å². The van der Waals surface area contributed by atoms with Gasteiger partial charge in [0.05, 0.1) is 19.2 Å². The molecule has 1 aliphatic rings. The predicted molar refractivity (Wildman–Crippen MR) is 107 cm³/mol. The first-order valence-electron chi connectivity index (χ1n) is 9.86. The molecule has 0 aromatic heterocycles. The normalized spacial score (nSPS) is 16.1. The Kier molecular flexibility index (Phi) is 8.84. The molecule has 7 nitrogen and oxygen atoms in total. The SMILES string of the molecule is CCOC(=O)NC(CNC(=NC)NCC(CC)Oc1ccccc1F)C1CC1. The number of benzene rings is 1. The van der Waals surface area contributed by atoms with Crippen LogP contribution in [0.15, 0.2) is 29.3 Å². The van der Waals surface area contributed by atoms with Crippen LogP contribution >= 0.6 is 0 Å². The number of nitrogens with one attached hydrogen (secondary N) is 3. The van der Waals surface area contributed by atoms with Crippen molar-refractivity contribution in [3.63, 3.8) is 0 Å². The van der Waals surface area contributed by atoms with Crippen LogP contribution in [0.3, 0.4) is 0 Å². The van der Waals surface area contributed by atoms with E-state index in [4.69, 9.17) is 9.47 Å². The molecule has 1 amide bonds. The lowest BCUT2D eigenvalue weighted by atomic mass is 10.2. The number of rotatable bonds is 10. The maximum absolute atomic E-state index is 13.8. The summed E-state index contributed by atoms with van der Waals surface area (Å²) in [6.45, 7) is 5.14. The third-order valence-electron chi connectivity index (χ3n) is 4.57. The van der Waals surface area contributed by atoms with Crippen LogP contribution in [0.1, 0.15) is 33.1 Å². The van der Waals surface area contributed by atoms with Crippen molar-refractivity contribution in [3.05, 3.63) is 30.1 Å². The zero-order valence-electron chi connectivity index (χ0n) is 16.8. The fraction of sp³-hybridized carbons (Fsp3) is 0.600. The first-order chi connectivity index (χ1) is 13.6. The maximum Gasteiger partial charge on any atom is 0.407 e. The Morgan fingerprint density at radius 2 is 1.96 bits per heavy atom. The van der Waals surface area contributed by atoms with Crippen molar-refractivity contribution < 1.29 is 18.7 Å². The van der Waals surface area contributed by atoms with Crippen LogP contribution in [0.5, 0.6) is 5.75 Å². The number of alkyl carbamates (subject to hydrolysis) is 1. The smallest absolute Gasteiger partial charge is 0.407 e. The number of halogens is 1. The van der Waals surface area contributed by atoms with Gasteiger partial charge in [0.25, 0.3) is 0 Å². The van der Waals surface area contributed by atoms with E-state index < -0.39 is 6.09 Å². The van der Waals surface area contributed by atoms with E-state index in [9.17, 15) is 9.18 Å². The molecule has 0 saturated heterocycles. The number of nitrogens with zero attached hydrogens (tertiary/aromatic N) is 1. The molecular formula is C20H31FN4O3. The molecule has 2 rings (SSSR count). The van der Waals surface area contributed by atoms with Crippen LogP contribution < -0.4 is 20.7 Å². The van der Waals surface area contributed by atoms with Crippen molar-refractivity contribution in [2.75, 3.05) is 26.7 Å². The highest BCUT2D eigenvalue weighted by Gasteiger charge is 2.32. The number of amides is 1. The highest BCUT2D eigenvalue weighted by Crippen LogP contribution is 2.32. The minimum absolute atomic E-state index is 0.00534. The van der Waals surface area contributed by atoms with Gasteiger partial charge < -0.3 is 25.4 Å². The molecule has 0 aliphatic heterocycles. The van der Waals surface area contributed by atoms with Crippen LogP contribution in [-0.4, -0.2) is 50.9 Å². The van der Waals surface area contributed by atoms with Gasteiger partial charge in [-0.1, -0.05) is 19.1 Å². The van der Waals surface area contributed by atoms with E-state index >= 15 is 0 Å². The van der Waals surface area contributed by atoms with Crippen LogP contribution in [-0.2, 0) is 4.74 Å². The Morgan fingerprint density at radius 3 is 2.57 bits per heavy atom. The van der Waals surface area contributed by atoms with Crippen LogP contribution in [0.25, 0.3) is 0 Å². The Bertz CT molecular complexity index is 652. The van der Waals surface area contributed by atoms with Crippen LogP contribution in [0.2, 0.25) is 0 Å². The highest BCUT2D eigenvalue weighted by atomic mass is 19.1. The molecule has 0 bridgehead atoms. The summed E-state index contributed by atoms with van der Waals surface area (Å²) in [5.41, 5.74) is 0. The quantitative estimate of drug-likeness (QED) is 0.420. The molecular weight excluding hydrogens is 363 g/mol. The zero-order chi connectivity index (χ0) is 20.4. The number of para-hydroxylation sites is 1. The number of carbonyl (C=O) groups excluding carboxylic acids is 1. The van der Waals surface area contributed by atoms with Gasteiger partial charge in [-0.2, -0.15) is 0 Å². The van der Waals surface area contributed by atoms with Crippen molar-refractivity contribution in [3.8, 4) is 5.75 Å². The monoisotopic (exact) mass is 394 g/mol. The van der Waals surface area contributed by atoms with Crippen molar-refractivity contribution in [2.45, 2.75) is 45.3 Å². The standard InChI is InChI=1S/C20H31FN4O3/c1-4-15(28-18-9-7-6-8-16(18)21)12-23-19(22-3)24-13-17(14-10-11-14)25-20(26)27-5-2/h6-9,14-15,17H,4-5,10-13H2,1-3H3,(H,25,26)(H2,22,23,24). The van der Waals surface area contributed by atoms with E-state index in [1.807, 2.05) is 6.92 Å². The number of guanidine groups is 1. The van der Waals surface area contributed by atoms with Gasteiger partial charge in [-0.25, -0.2) is 9.18 Å². The Balaban J connectivity index is 1.80. The molecule has 1 aliphatic carbocycles. The molecule has 0 spiro atoms. The van der Waals surface area contributed by atoms with E-state index in [-0.39, 0.29) is 23.7 Å². The molecule has 8 heteroatoms. The van der Waals surface area contributed by atoms with Crippen molar-refractivity contribution >= 4 is 12.1 Å². The third kappa shape index (κ3) is 7.25. The second kappa shape index (κ2) is 11.4. The first kappa shape index (κ1) is 21.8. The molecule has 28 heavy (non-hydrogen) atoms. The molecule has 3 N–H and O–H groups in total. The van der Waals surface area contributed by atoms with Gasteiger partial charge in [0.1, 0.15) is 6.10 Å². The van der Waals surface area contributed by atoms with Crippen molar-refractivity contribution in [2.24, 2.45) is 10.9 Å². The van der Waals surface area contributed by atoms with Crippen molar-refractivity contribution in [1.82, 2.24) is 16.0 Å². The molecule has 2 atom stereocenters. The van der Waals surface area contributed by atoms with Gasteiger partial charge in [0.2, 0.25) is 0 Å². The molecule has 0 heterocycles. The highest BCUT2D eigenvalue weighted by molar-refractivity contribution is 5.79. The largest absolute Gasteiger partial charge is 0.486 e. The molecule has 0 radical (unpaired) electrons. The lowest BCUT2D eigenvalue weighted by molar-refractivity contribution is 0.146. The van der Waals surface area contributed by atoms with Gasteiger partial charge >= 0.3 is 6.09 Å². The Morgan fingerprint density at radius 1 is 1.25 bits per heavy atom. The maximum atomic E-state index is 13.8. The lowest BCUT2D eigenvalue weighted by Crippen LogP contribution is -2.49. The third-order valence-corrected chi connectivity index (χ3v) is 4.57. The van der Waals surface area contributed by atoms with Gasteiger partial charge in [0, 0.05) is 13.6 Å². The predicted octanol–water partition coefficient (Wildman–Crippen LogP) is 2.67. The average molecular weight is 394 g/mol. The summed E-state index contributed by atoms with van der Waals surface area (Å²) in [4.78, 5) is 15.9. The summed E-state index contributed by atoms with van der Waals surface area (Å²) >= 11 is 0. The van der Waals surface area contributed by atoms with Gasteiger partial charge in [-0.15, -0.1) is 0 Å². The second-order valence-corrected chi connectivity index (χ2v) is 6.72. The lowest BCUT2D eigenvalue weighted by Gasteiger charge is -2.22. The fourth-order valence-electron chi connectivity index (χ4n) is 2.79. The van der Waals surface area contributed by atoms with E-state index in [2.05, 4.69) is 20.9 Å². The molecule has 1 aromatic rings. The zero-order valence-corrected chi connectivity index (χ0v) is 16.8. The van der Waals surface area contributed by atoms with Gasteiger partial charge in [0.15, 0.2) is 17.5 Å². The molecule has 156 valence electrons. The van der Waals surface area contributed by atoms with E-state index in [0.717, 1.165) is 12.8 Å². The van der Waals surface area contributed by atoms with E-state index in [1.165, 1.54) is 6.07 Å². The summed E-state index contributed by atoms with van der Waals surface area (Å²) in [6.07, 6.45) is 2.31. The van der Waals surface area contributed by atoms with Gasteiger partial charge in [-0.05, 0) is 44.2 Å². The summed E-state index contributed by atoms with van der Waals surface area (Å²) < 4.78 is 24.5. The van der Waals surface area contributed by atoms with Crippen molar-refractivity contribution in [1.29, 1.82) is 0 Å². The average Bonchev–Trinajstić information content (AvgIpc) is 3.53. The van der Waals surface area contributed by atoms with Crippen LogP contribution in [0, 0.1) is 11.7 Å². The second-order valence-electron chi connectivity index (χ2n) is 6.72. The van der Waals surface area contributed by atoms with Gasteiger partial charge in [-0.3, -0.25) is 4.99 Å². The van der Waals surface area contributed by atoms with E-state index in [1.54, 1.807) is 32.2 Å². The summed E-state index contributed by atoms with van der Waals surface area (Å²) in [7, 11) is 1.68. The minimum Gasteiger partial charge on any atom is -0.486 e. The molecule has 1 saturated carbocycles. The molecule has 1 fully saturated rings. The number of ether oxygens (including phenoxy) is 2. The Labute approximate surface area is 166 Å². The number of hydrogen-bond donors (Lipinski definition) is 3. The topological polar surface area (TPSA) is 84.0 Å². The Hall–Kier alpha value is -2.51. The first-order valence-corrected chi connectivity index (χ1v) is 9.86. The number of aliphatic imine (C=N–C) groups is 1.